The first-order valence-electron chi connectivity index (χ1n) is 11.5. The minimum Gasteiger partial charge on any atom is -0.444 e. The van der Waals surface area contributed by atoms with Crippen LogP contribution in [-0.4, -0.2) is 47.0 Å². The smallest absolute Gasteiger partial charge is 0.408 e. The lowest BCUT2D eigenvalue weighted by Crippen LogP contribution is -2.54. The molecule has 3 amide bonds. The number of carbonyl (C=O) groups excluding carboxylic acids is 3. The Labute approximate surface area is 198 Å². The monoisotopic (exact) mass is 459 g/mol. The minimum absolute atomic E-state index is 0.101. The van der Waals surface area contributed by atoms with Crippen LogP contribution >= 0.6 is 0 Å². The van der Waals surface area contributed by atoms with Crippen molar-refractivity contribution in [2.24, 2.45) is 5.92 Å². The number of alkyl carbamates (subject to hydrolysis) is 1. The molecule has 1 aromatic carbocycles. The summed E-state index contributed by atoms with van der Waals surface area (Å²) in [6.07, 6.45) is 1.32. The van der Waals surface area contributed by atoms with Crippen LogP contribution in [0.25, 0.3) is 0 Å². The minimum atomic E-state index is -0.866. The molecule has 0 aromatic heterocycles. The van der Waals surface area contributed by atoms with Gasteiger partial charge in [0.25, 0.3) is 0 Å². The van der Waals surface area contributed by atoms with Crippen molar-refractivity contribution >= 4 is 17.9 Å². The van der Waals surface area contributed by atoms with Gasteiger partial charge in [-0.25, -0.2) is 4.79 Å². The summed E-state index contributed by atoms with van der Waals surface area (Å²) in [7, 11) is 0. The van der Waals surface area contributed by atoms with Gasteiger partial charge in [0.1, 0.15) is 17.7 Å². The third-order valence-corrected chi connectivity index (χ3v) is 4.78. The highest BCUT2D eigenvalue weighted by atomic mass is 16.6. The molecule has 7 heteroatoms. The molecule has 2 N–H and O–H groups in total. The molecule has 0 aliphatic carbocycles. The number of nitrogens with one attached hydrogen (secondary N) is 2. The summed E-state index contributed by atoms with van der Waals surface area (Å²) in [5.41, 5.74) is 0.923. The molecule has 184 valence electrons. The van der Waals surface area contributed by atoms with Gasteiger partial charge in [0.2, 0.25) is 11.8 Å². The van der Waals surface area contributed by atoms with Crippen molar-refractivity contribution in [1.82, 2.24) is 15.5 Å². The van der Waals surface area contributed by atoms with Crippen LogP contribution < -0.4 is 10.6 Å². The van der Waals surface area contributed by atoms with Gasteiger partial charge >= 0.3 is 6.09 Å². The molecule has 33 heavy (non-hydrogen) atoms. The summed E-state index contributed by atoms with van der Waals surface area (Å²) < 4.78 is 5.38. The normalized spacial score (nSPS) is 13.3. The van der Waals surface area contributed by atoms with Crippen LogP contribution in [0.1, 0.15) is 72.1 Å². The average Bonchev–Trinajstić information content (AvgIpc) is 2.65. The van der Waals surface area contributed by atoms with Gasteiger partial charge in [-0.05, 0) is 65.0 Å². The van der Waals surface area contributed by atoms with E-state index in [1.54, 1.807) is 26.8 Å². The van der Waals surface area contributed by atoms with Gasteiger partial charge in [-0.3, -0.25) is 9.59 Å². The van der Waals surface area contributed by atoms with Gasteiger partial charge in [0.15, 0.2) is 0 Å². The molecule has 0 aliphatic heterocycles. The van der Waals surface area contributed by atoms with Gasteiger partial charge in [-0.1, -0.05) is 44.2 Å². The van der Waals surface area contributed by atoms with Crippen LogP contribution in [0, 0.1) is 12.8 Å². The summed E-state index contributed by atoms with van der Waals surface area (Å²) in [5.74, 6) is -0.516. The third-order valence-electron chi connectivity index (χ3n) is 4.78. The fourth-order valence-electron chi connectivity index (χ4n) is 3.51. The fourth-order valence-corrected chi connectivity index (χ4v) is 3.51. The second-order valence-electron chi connectivity index (χ2n) is 10.0. The Morgan fingerprint density at radius 3 is 2.18 bits per heavy atom. The fraction of sp³-hybridized carbons (Fsp3) is 0.577. The van der Waals surface area contributed by atoms with Gasteiger partial charge in [-0.15, -0.1) is 6.58 Å². The van der Waals surface area contributed by atoms with Crippen molar-refractivity contribution in [2.45, 2.75) is 85.5 Å². The molecule has 0 bridgehead atoms. The lowest BCUT2D eigenvalue weighted by molar-refractivity contribution is -0.142. The van der Waals surface area contributed by atoms with Crippen molar-refractivity contribution in [3.63, 3.8) is 0 Å². The average molecular weight is 460 g/mol. The van der Waals surface area contributed by atoms with Gasteiger partial charge in [0, 0.05) is 12.6 Å². The Hall–Kier alpha value is -2.83. The Morgan fingerprint density at radius 1 is 1.09 bits per heavy atom. The molecule has 1 aromatic rings. The van der Waals surface area contributed by atoms with E-state index in [1.807, 2.05) is 58.9 Å². The van der Waals surface area contributed by atoms with E-state index in [0.717, 1.165) is 11.1 Å². The van der Waals surface area contributed by atoms with Crippen LogP contribution in [-0.2, 0) is 14.3 Å². The Morgan fingerprint density at radius 2 is 1.70 bits per heavy atom. The first-order chi connectivity index (χ1) is 15.3. The van der Waals surface area contributed by atoms with E-state index in [0.29, 0.717) is 6.42 Å². The quantitative estimate of drug-likeness (QED) is 0.504. The molecule has 0 radical (unpaired) electrons. The molecular formula is C26H41N3O4. The maximum Gasteiger partial charge on any atom is 0.408 e. The van der Waals surface area contributed by atoms with Crippen molar-refractivity contribution < 1.29 is 19.1 Å². The molecule has 0 heterocycles. The highest BCUT2D eigenvalue weighted by Gasteiger charge is 2.36. The maximum absolute atomic E-state index is 13.8. The molecule has 0 fully saturated rings. The Balaban J connectivity index is 3.44. The molecule has 0 saturated carbocycles. The van der Waals surface area contributed by atoms with E-state index in [-0.39, 0.29) is 30.3 Å². The summed E-state index contributed by atoms with van der Waals surface area (Å²) in [5, 5.41) is 5.66. The van der Waals surface area contributed by atoms with Crippen molar-refractivity contribution in [3.05, 3.63) is 48.0 Å². The second kappa shape index (κ2) is 12.4. The SMILES string of the molecule is C=CCN(C(=O)C(CC(C)C)NC(=O)OC(C)(C)C)C(C(=O)NC(C)C)c1ccccc1C. The predicted molar refractivity (Wildman–Crippen MR) is 132 cm³/mol. The number of nitrogens with zero attached hydrogens (tertiary/aromatic N) is 1. The third kappa shape index (κ3) is 9.28. The molecule has 1 rings (SSSR count). The predicted octanol–water partition coefficient (Wildman–Crippen LogP) is 4.51. The highest BCUT2D eigenvalue weighted by Crippen LogP contribution is 2.26. The number of ether oxygens (including phenoxy) is 1. The molecule has 0 aliphatic rings. The van der Waals surface area contributed by atoms with E-state index in [9.17, 15) is 14.4 Å². The lowest BCUT2D eigenvalue weighted by Gasteiger charge is -2.35. The summed E-state index contributed by atoms with van der Waals surface area (Å²) >= 11 is 0. The molecule has 2 atom stereocenters. The van der Waals surface area contributed by atoms with Gasteiger partial charge in [-0.2, -0.15) is 0 Å². The van der Waals surface area contributed by atoms with E-state index < -0.39 is 23.8 Å². The van der Waals surface area contributed by atoms with E-state index >= 15 is 0 Å². The first-order valence-corrected chi connectivity index (χ1v) is 11.5. The van der Waals surface area contributed by atoms with Crippen LogP contribution in [0.5, 0.6) is 0 Å². The summed E-state index contributed by atoms with van der Waals surface area (Å²) in [6, 6.07) is 5.68. The number of benzene rings is 1. The van der Waals surface area contributed by atoms with E-state index in [4.69, 9.17) is 4.74 Å². The molecule has 0 saturated heterocycles. The number of aryl methyl sites for hydroxylation is 1. The van der Waals surface area contributed by atoms with Crippen LogP contribution in [0.15, 0.2) is 36.9 Å². The van der Waals surface area contributed by atoms with Gasteiger partial charge < -0.3 is 20.3 Å². The second-order valence-corrected chi connectivity index (χ2v) is 10.0. The number of hydrogen-bond donors (Lipinski definition) is 2. The van der Waals surface area contributed by atoms with Crippen LogP contribution in [0.2, 0.25) is 0 Å². The first kappa shape index (κ1) is 28.2. The van der Waals surface area contributed by atoms with Gasteiger partial charge in [0.05, 0.1) is 0 Å². The van der Waals surface area contributed by atoms with Crippen LogP contribution in [0.4, 0.5) is 4.79 Å². The lowest BCUT2D eigenvalue weighted by atomic mass is 9.96. The van der Waals surface area contributed by atoms with E-state index in [2.05, 4.69) is 17.2 Å². The standard InChI is InChI=1S/C26H41N3O4/c1-10-15-29(22(23(30)27-18(4)5)20-14-12-11-13-19(20)6)24(31)21(16-17(2)3)28-25(32)33-26(7,8)9/h10-14,17-18,21-22H,1,15-16H2,2-9H3,(H,27,30)(H,28,32). The molecule has 7 nitrogen and oxygen atoms in total. The number of carbonyl (C=O) groups is 3. The molecule has 0 spiro atoms. The van der Waals surface area contributed by atoms with Crippen molar-refractivity contribution in [2.75, 3.05) is 6.54 Å². The molecule has 2 unspecified atom stereocenters. The molecular weight excluding hydrogens is 418 g/mol. The maximum atomic E-state index is 13.8. The zero-order chi connectivity index (χ0) is 25.3. The van der Waals surface area contributed by atoms with Crippen molar-refractivity contribution in [1.29, 1.82) is 0 Å². The zero-order valence-corrected chi connectivity index (χ0v) is 21.4. The largest absolute Gasteiger partial charge is 0.444 e. The topological polar surface area (TPSA) is 87.7 Å². The van der Waals surface area contributed by atoms with Crippen molar-refractivity contribution in [3.8, 4) is 0 Å². The number of rotatable bonds is 10. The Bertz CT molecular complexity index is 827. The Kier molecular flexibility index (Phi) is 10.6. The number of amides is 3. The van der Waals surface area contributed by atoms with E-state index in [1.165, 1.54) is 4.90 Å². The highest BCUT2D eigenvalue weighted by molar-refractivity contribution is 5.92. The summed E-state index contributed by atoms with van der Waals surface area (Å²) in [6.45, 7) is 18.8. The van der Waals surface area contributed by atoms with Crippen LogP contribution in [0.3, 0.4) is 0 Å². The number of hydrogen-bond acceptors (Lipinski definition) is 4. The summed E-state index contributed by atoms with van der Waals surface area (Å²) in [4.78, 5) is 41.1. The zero-order valence-electron chi connectivity index (χ0n) is 21.4.